The number of ether oxygens (including phenoxy) is 2. The zero-order valence-electron chi connectivity index (χ0n) is 12.6. The van der Waals surface area contributed by atoms with Crippen LogP contribution in [0.15, 0.2) is 42.5 Å². The van der Waals surface area contributed by atoms with Gasteiger partial charge in [-0.1, -0.05) is 12.1 Å². The molecule has 0 fully saturated rings. The number of methoxy groups -OCH3 is 2. The summed E-state index contributed by atoms with van der Waals surface area (Å²) < 4.78 is 10.7. The van der Waals surface area contributed by atoms with Crippen LogP contribution in [0.25, 0.3) is 22.2 Å². The van der Waals surface area contributed by atoms with Gasteiger partial charge in [-0.15, -0.1) is 0 Å². The van der Waals surface area contributed by atoms with Crippen LogP contribution in [0.5, 0.6) is 11.5 Å². The molecule has 0 amide bonds. The van der Waals surface area contributed by atoms with Crippen molar-refractivity contribution in [3.63, 3.8) is 0 Å². The highest BCUT2D eigenvalue weighted by Crippen LogP contribution is 2.35. The Morgan fingerprint density at radius 1 is 1.09 bits per heavy atom. The molecule has 0 aliphatic rings. The second-order valence-corrected chi connectivity index (χ2v) is 5.00. The van der Waals surface area contributed by atoms with Crippen LogP contribution in [0, 0.1) is 0 Å². The molecular weight excluding hydrogens is 278 g/mol. The molecule has 4 heteroatoms. The number of hydrogen-bond acceptors (Lipinski definition) is 3. The van der Waals surface area contributed by atoms with Crippen LogP contribution < -0.4 is 9.47 Å². The molecule has 0 bridgehead atoms. The number of aromatic amines is 1. The number of benzene rings is 2. The Morgan fingerprint density at radius 2 is 1.95 bits per heavy atom. The van der Waals surface area contributed by atoms with Crippen LogP contribution in [-0.4, -0.2) is 25.5 Å². The molecule has 112 valence electrons. The number of fused-ring (bicyclic) bond motifs is 1. The van der Waals surface area contributed by atoms with Gasteiger partial charge in [-0.25, -0.2) is 0 Å². The molecule has 1 aromatic heterocycles. The second-order valence-electron chi connectivity index (χ2n) is 5.00. The first-order chi connectivity index (χ1) is 10.8. The van der Waals surface area contributed by atoms with Crippen LogP contribution in [-0.2, 0) is 11.2 Å². The van der Waals surface area contributed by atoms with Crippen molar-refractivity contribution >= 4 is 17.2 Å². The Balaban J connectivity index is 2.19. The summed E-state index contributed by atoms with van der Waals surface area (Å²) in [5, 5.41) is 1.05. The van der Waals surface area contributed by atoms with Gasteiger partial charge in [0, 0.05) is 22.9 Å². The Labute approximate surface area is 128 Å². The van der Waals surface area contributed by atoms with Crippen molar-refractivity contribution < 1.29 is 14.3 Å². The molecule has 0 unspecified atom stereocenters. The van der Waals surface area contributed by atoms with E-state index in [4.69, 9.17) is 9.47 Å². The van der Waals surface area contributed by atoms with Crippen molar-refractivity contribution in [1.82, 2.24) is 4.98 Å². The SMILES string of the molecule is COc1ccc2[nH]c(-c3c(CC=O)cccc3OC)cc2c1. The lowest BCUT2D eigenvalue weighted by atomic mass is 10.0. The van der Waals surface area contributed by atoms with Crippen LogP contribution in [0.2, 0.25) is 0 Å². The van der Waals surface area contributed by atoms with Crippen molar-refractivity contribution in [3.05, 3.63) is 48.0 Å². The fraction of sp³-hybridized carbons (Fsp3) is 0.167. The lowest BCUT2D eigenvalue weighted by Crippen LogP contribution is -1.95. The molecule has 0 aliphatic carbocycles. The summed E-state index contributed by atoms with van der Waals surface area (Å²) in [5.74, 6) is 1.56. The fourth-order valence-electron chi connectivity index (χ4n) is 2.68. The number of carbonyl (C=O) groups excluding carboxylic acids is 1. The maximum Gasteiger partial charge on any atom is 0.128 e. The van der Waals surface area contributed by atoms with Crippen LogP contribution >= 0.6 is 0 Å². The van der Waals surface area contributed by atoms with E-state index in [9.17, 15) is 4.79 Å². The normalized spacial score (nSPS) is 10.6. The van der Waals surface area contributed by atoms with Gasteiger partial charge in [-0.3, -0.25) is 0 Å². The Bertz CT molecular complexity index is 820. The maximum absolute atomic E-state index is 10.9. The molecule has 4 nitrogen and oxygen atoms in total. The zero-order valence-corrected chi connectivity index (χ0v) is 12.6. The standard InChI is InChI=1S/C18H17NO3/c1-21-14-6-7-15-13(10-14)11-16(19-15)18-12(8-9-20)4-3-5-17(18)22-2/h3-7,9-11,19H,8H2,1-2H3. The molecular formula is C18H17NO3. The van der Waals surface area contributed by atoms with E-state index in [2.05, 4.69) is 4.98 Å². The largest absolute Gasteiger partial charge is 0.497 e. The molecule has 0 radical (unpaired) electrons. The fourth-order valence-corrected chi connectivity index (χ4v) is 2.68. The number of carbonyl (C=O) groups is 1. The summed E-state index contributed by atoms with van der Waals surface area (Å²) in [6, 6.07) is 13.7. The molecule has 0 aliphatic heterocycles. The summed E-state index contributed by atoms with van der Waals surface area (Å²) in [6.07, 6.45) is 1.26. The Morgan fingerprint density at radius 3 is 2.68 bits per heavy atom. The van der Waals surface area contributed by atoms with Crippen molar-refractivity contribution in [2.45, 2.75) is 6.42 Å². The van der Waals surface area contributed by atoms with Gasteiger partial charge in [0.2, 0.25) is 0 Å². The van der Waals surface area contributed by atoms with Gasteiger partial charge < -0.3 is 19.3 Å². The monoisotopic (exact) mass is 295 g/mol. The molecule has 22 heavy (non-hydrogen) atoms. The highest BCUT2D eigenvalue weighted by molar-refractivity contribution is 5.89. The minimum absolute atomic E-state index is 0.352. The summed E-state index contributed by atoms with van der Waals surface area (Å²) >= 11 is 0. The number of H-pyrrole nitrogens is 1. The smallest absolute Gasteiger partial charge is 0.128 e. The minimum Gasteiger partial charge on any atom is -0.497 e. The van der Waals surface area contributed by atoms with E-state index in [0.29, 0.717) is 6.42 Å². The highest BCUT2D eigenvalue weighted by Gasteiger charge is 2.14. The van der Waals surface area contributed by atoms with Gasteiger partial charge in [0.05, 0.1) is 19.9 Å². The molecule has 1 heterocycles. The van der Waals surface area contributed by atoms with E-state index in [-0.39, 0.29) is 0 Å². The van der Waals surface area contributed by atoms with Crippen LogP contribution in [0.1, 0.15) is 5.56 Å². The highest BCUT2D eigenvalue weighted by atomic mass is 16.5. The quantitative estimate of drug-likeness (QED) is 0.732. The first kappa shape index (κ1) is 14.2. The third-order valence-corrected chi connectivity index (χ3v) is 3.73. The van der Waals surface area contributed by atoms with E-state index in [1.165, 1.54) is 0 Å². The zero-order chi connectivity index (χ0) is 15.5. The van der Waals surface area contributed by atoms with Crippen LogP contribution in [0.3, 0.4) is 0 Å². The molecule has 0 atom stereocenters. The number of aromatic nitrogens is 1. The predicted octanol–water partition coefficient (Wildman–Crippen LogP) is 3.59. The van der Waals surface area contributed by atoms with E-state index in [0.717, 1.165) is 45.5 Å². The van der Waals surface area contributed by atoms with Gasteiger partial charge in [-0.2, -0.15) is 0 Å². The third kappa shape index (κ3) is 2.44. The topological polar surface area (TPSA) is 51.3 Å². The first-order valence-electron chi connectivity index (χ1n) is 7.03. The van der Waals surface area contributed by atoms with E-state index < -0.39 is 0 Å². The number of nitrogens with one attached hydrogen (secondary N) is 1. The predicted molar refractivity (Wildman–Crippen MR) is 86.6 cm³/mol. The summed E-state index contributed by atoms with van der Waals surface area (Å²) in [5.41, 5.74) is 3.80. The average Bonchev–Trinajstić information content (AvgIpc) is 2.97. The maximum atomic E-state index is 10.9. The molecule has 0 saturated heterocycles. The lowest BCUT2D eigenvalue weighted by molar-refractivity contribution is -0.107. The number of rotatable bonds is 5. The van der Waals surface area contributed by atoms with Crippen molar-refractivity contribution in [3.8, 4) is 22.8 Å². The van der Waals surface area contributed by atoms with Gasteiger partial charge in [-0.05, 0) is 35.9 Å². The minimum atomic E-state index is 0.352. The molecule has 3 rings (SSSR count). The van der Waals surface area contributed by atoms with Crippen molar-refractivity contribution in [2.75, 3.05) is 14.2 Å². The van der Waals surface area contributed by atoms with Crippen molar-refractivity contribution in [1.29, 1.82) is 0 Å². The molecule has 2 aromatic carbocycles. The van der Waals surface area contributed by atoms with Gasteiger partial charge in [0.15, 0.2) is 0 Å². The summed E-state index contributed by atoms with van der Waals surface area (Å²) in [7, 11) is 3.28. The van der Waals surface area contributed by atoms with Gasteiger partial charge >= 0.3 is 0 Å². The second kappa shape index (κ2) is 5.93. The average molecular weight is 295 g/mol. The van der Waals surface area contributed by atoms with E-state index in [1.54, 1.807) is 14.2 Å². The third-order valence-electron chi connectivity index (χ3n) is 3.73. The van der Waals surface area contributed by atoms with Gasteiger partial charge in [0.1, 0.15) is 17.8 Å². The molecule has 1 N–H and O–H groups in total. The van der Waals surface area contributed by atoms with Crippen molar-refractivity contribution in [2.24, 2.45) is 0 Å². The molecule has 3 aromatic rings. The van der Waals surface area contributed by atoms with Crippen LogP contribution in [0.4, 0.5) is 0 Å². The summed E-state index contributed by atoms with van der Waals surface area (Å²) in [6.45, 7) is 0. The first-order valence-corrected chi connectivity index (χ1v) is 7.03. The molecule has 0 spiro atoms. The number of aldehydes is 1. The van der Waals surface area contributed by atoms with E-state index in [1.807, 2.05) is 42.5 Å². The van der Waals surface area contributed by atoms with Gasteiger partial charge in [0.25, 0.3) is 0 Å². The van der Waals surface area contributed by atoms with E-state index >= 15 is 0 Å². The Hall–Kier alpha value is -2.75. The summed E-state index contributed by atoms with van der Waals surface area (Å²) in [4.78, 5) is 14.3. The Kier molecular flexibility index (Phi) is 3.83. The molecule has 0 saturated carbocycles. The number of hydrogen-bond donors (Lipinski definition) is 1. The lowest BCUT2D eigenvalue weighted by Gasteiger charge is -2.11.